The fourth-order valence-electron chi connectivity index (χ4n) is 2.23. The van der Waals surface area contributed by atoms with E-state index >= 15 is 0 Å². The van der Waals surface area contributed by atoms with Gasteiger partial charge >= 0.3 is 6.03 Å². The fraction of sp³-hybridized carbons (Fsp3) is 0.471. The van der Waals surface area contributed by atoms with Crippen LogP contribution in [0.2, 0.25) is 0 Å². The van der Waals surface area contributed by atoms with E-state index in [-0.39, 0.29) is 12.6 Å². The summed E-state index contributed by atoms with van der Waals surface area (Å²) in [6, 6.07) is 7.94. The van der Waals surface area contributed by atoms with Gasteiger partial charge in [0.15, 0.2) is 0 Å². The van der Waals surface area contributed by atoms with Crippen molar-refractivity contribution in [3.05, 3.63) is 40.4 Å². The SMILES string of the molecule is CCC(C)(CCO)NC(=O)Nc1nnc(Cc2ccc(C)cc2)s1. The van der Waals surface area contributed by atoms with Gasteiger partial charge in [0.2, 0.25) is 5.13 Å². The van der Waals surface area contributed by atoms with Crippen molar-refractivity contribution in [3.8, 4) is 0 Å². The number of aliphatic hydroxyl groups excluding tert-OH is 1. The molecule has 0 saturated heterocycles. The molecule has 0 aliphatic carbocycles. The predicted molar refractivity (Wildman–Crippen MR) is 96.4 cm³/mol. The second kappa shape index (κ2) is 8.21. The number of urea groups is 1. The normalized spacial score (nSPS) is 13.3. The molecule has 3 N–H and O–H groups in total. The van der Waals surface area contributed by atoms with Crippen molar-refractivity contribution in [1.29, 1.82) is 0 Å². The zero-order valence-electron chi connectivity index (χ0n) is 14.3. The molecule has 130 valence electrons. The maximum atomic E-state index is 12.1. The largest absolute Gasteiger partial charge is 0.396 e. The van der Waals surface area contributed by atoms with Gasteiger partial charge in [0, 0.05) is 18.6 Å². The molecule has 0 fully saturated rings. The maximum absolute atomic E-state index is 12.1. The number of nitrogens with one attached hydrogen (secondary N) is 2. The van der Waals surface area contributed by atoms with Gasteiger partial charge in [-0.2, -0.15) is 0 Å². The first kappa shape index (κ1) is 18.4. The van der Waals surface area contributed by atoms with Crippen LogP contribution in [0.1, 0.15) is 42.8 Å². The maximum Gasteiger partial charge on any atom is 0.321 e. The lowest BCUT2D eigenvalue weighted by atomic mass is 9.95. The molecule has 1 aromatic heterocycles. The van der Waals surface area contributed by atoms with E-state index in [1.54, 1.807) is 0 Å². The van der Waals surface area contributed by atoms with Crippen molar-refractivity contribution >= 4 is 22.5 Å². The number of hydrogen-bond acceptors (Lipinski definition) is 5. The highest BCUT2D eigenvalue weighted by Gasteiger charge is 2.24. The Balaban J connectivity index is 1.93. The zero-order valence-corrected chi connectivity index (χ0v) is 15.1. The lowest BCUT2D eigenvalue weighted by Crippen LogP contribution is -2.48. The highest BCUT2D eigenvalue weighted by molar-refractivity contribution is 7.15. The van der Waals surface area contributed by atoms with Crippen LogP contribution in [0.15, 0.2) is 24.3 Å². The van der Waals surface area contributed by atoms with E-state index in [1.807, 2.05) is 13.8 Å². The number of amides is 2. The molecule has 7 heteroatoms. The Morgan fingerprint density at radius 2 is 2.00 bits per heavy atom. The Bertz CT molecular complexity index is 671. The van der Waals surface area contributed by atoms with Crippen molar-refractivity contribution in [2.24, 2.45) is 0 Å². The number of aromatic nitrogens is 2. The van der Waals surface area contributed by atoms with Crippen LogP contribution < -0.4 is 10.6 Å². The molecule has 0 spiro atoms. The molecular formula is C17H24N4O2S. The average Bonchev–Trinajstić information content (AvgIpc) is 2.96. The highest BCUT2D eigenvalue weighted by atomic mass is 32.1. The van der Waals surface area contributed by atoms with Crippen LogP contribution in [0.3, 0.4) is 0 Å². The fourth-order valence-corrected chi connectivity index (χ4v) is 3.00. The van der Waals surface area contributed by atoms with E-state index in [0.717, 1.165) is 17.0 Å². The van der Waals surface area contributed by atoms with Crippen LogP contribution in [0.5, 0.6) is 0 Å². The minimum atomic E-state index is -0.436. The Morgan fingerprint density at radius 1 is 1.29 bits per heavy atom. The summed E-state index contributed by atoms with van der Waals surface area (Å²) in [7, 11) is 0. The summed E-state index contributed by atoms with van der Waals surface area (Å²) in [5, 5.41) is 24.2. The summed E-state index contributed by atoms with van der Waals surface area (Å²) in [6.07, 6.45) is 1.93. The van der Waals surface area contributed by atoms with Crippen LogP contribution in [-0.2, 0) is 6.42 Å². The van der Waals surface area contributed by atoms with E-state index in [9.17, 15) is 4.79 Å². The van der Waals surface area contributed by atoms with E-state index in [4.69, 9.17) is 5.11 Å². The van der Waals surface area contributed by atoms with Crippen molar-refractivity contribution < 1.29 is 9.90 Å². The Labute approximate surface area is 146 Å². The summed E-state index contributed by atoms with van der Waals surface area (Å²) in [5.41, 5.74) is 1.94. The molecular weight excluding hydrogens is 324 g/mol. The number of benzene rings is 1. The first-order valence-corrected chi connectivity index (χ1v) is 8.83. The van der Waals surface area contributed by atoms with Gasteiger partial charge in [0.1, 0.15) is 5.01 Å². The number of aryl methyl sites for hydroxylation is 1. The smallest absolute Gasteiger partial charge is 0.321 e. The molecule has 0 radical (unpaired) electrons. The number of hydrogen-bond donors (Lipinski definition) is 3. The van der Waals surface area contributed by atoms with Crippen LogP contribution in [0.4, 0.5) is 9.93 Å². The third kappa shape index (κ3) is 5.28. The predicted octanol–water partition coefficient (Wildman–Crippen LogP) is 3.11. The van der Waals surface area contributed by atoms with E-state index in [0.29, 0.717) is 18.0 Å². The standard InChI is InChI=1S/C17H24N4O2S/c1-4-17(3,9-10-22)19-15(23)18-16-21-20-14(24-16)11-13-7-5-12(2)6-8-13/h5-8,22H,4,9-11H2,1-3H3,(H2,18,19,21,23). The topological polar surface area (TPSA) is 87.1 Å². The number of nitrogens with zero attached hydrogens (tertiary/aromatic N) is 2. The number of carbonyl (C=O) groups excluding carboxylic acids is 1. The molecule has 0 bridgehead atoms. The summed E-state index contributed by atoms with van der Waals surface area (Å²) in [6.45, 7) is 5.96. The Hall–Kier alpha value is -1.99. The van der Waals surface area contributed by atoms with Crippen LogP contribution >= 0.6 is 11.3 Å². The summed E-state index contributed by atoms with van der Waals surface area (Å²) in [5.74, 6) is 0. The van der Waals surface area contributed by atoms with Gasteiger partial charge in [-0.25, -0.2) is 4.79 Å². The minimum Gasteiger partial charge on any atom is -0.396 e. The first-order valence-electron chi connectivity index (χ1n) is 8.02. The molecule has 0 aliphatic rings. The number of rotatable bonds is 7. The third-order valence-electron chi connectivity index (χ3n) is 4.02. The van der Waals surface area contributed by atoms with Crippen LogP contribution in [0.25, 0.3) is 0 Å². The van der Waals surface area contributed by atoms with Gasteiger partial charge in [0.25, 0.3) is 0 Å². The third-order valence-corrected chi connectivity index (χ3v) is 4.86. The molecule has 1 aromatic carbocycles. The molecule has 1 atom stereocenters. The highest BCUT2D eigenvalue weighted by Crippen LogP contribution is 2.19. The lowest BCUT2D eigenvalue weighted by Gasteiger charge is -2.28. The second-order valence-electron chi connectivity index (χ2n) is 6.13. The molecule has 0 aliphatic heterocycles. The first-order chi connectivity index (χ1) is 11.4. The average molecular weight is 348 g/mol. The molecule has 2 aromatic rings. The molecule has 6 nitrogen and oxygen atoms in total. The number of anilines is 1. The van der Waals surface area contributed by atoms with Crippen LogP contribution in [0, 0.1) is 6.92 Å². The quantitative estimate of drug-likeness (QED) is 0.717. The van der Waals surface area contributed by atoms with Crippen molar-refractivity contribution in [3.63, 3.8) is 0 Å². The van der Waals surface area contributed by atoms with E-state index < -0.39 is 5.54 Å². The van der Waals surface area contributed by atoms with E-state index in [1.165, 1.54) is 16.9 Å². The second-order valence-corrected chi connectivity index (χ2v) is 7.19. The summed E-state index contributed by atoms with van der Waals surface area (Å²) in [4.78, 5) is 12.1. The van der Waals surface area contributed by atoms with Crippen molar-refractivity contribution in [2.45, 2.75) is 45.6 Å². The molecule has 0 saturated carbocycles. The summed E-state index contributed by atoms with van der Waals surface area (Å²) < 4.78 is 0. The molecule has 24 heavy (non-hydrogen) atoms. The number of aliphatic hydroxyl groups is 1. The summed E-state index contributed by atoms with van der Waals surface area (Å²) >= 11 is 1.36. The zero-order chi connectivity index (χ0) is 17.6. The number of carbonyl (C=O) groups is 1. The van der Waals surface area contributed by atoms with Gasteiger partial charge in [0.05, 0.1) is 0 Å². The van der Waals surface area contributed by atoms with Gasteiger partial charge in [-0.05, 0) is 32.3 Å². The lowest BCUT2D eigenvalue weighted by molar-refractivity contribution is 0.208. The van der Waals surface area contributed by atoms with Gasteiger partial charge in [-0.1, -0.05) is 48.1 Å². The van der Waals surface area contributed by atoms with Crippen LogP contribution in [-0.4, -0.2) is 33.5 Å². The van der Waals surface area contributed by atoms with Gasteiger partial charge in [-0.3, -0.25) is 5.32 Å². The Morgan fingerprint density at radius 3 is 2.62 bits per heavy atom. The molecule has 1 heterocycles. The van der Waals surface area contributed by atoms with Crippen molar-refractivity contribution in [2.75, 3.05) is 11.9 Å². The van der Waals surface area contributed by atoms with Gasteiger partial charge < -0.3 is 10.4 Å². The van der Waals surface area contributed by atoms with Crippen molar-refractivity contribution in [1.82, 2.24) is 15.5 Å². The van der Waals surface area contributed by atoms with Gasteiger partial charge in [-0.15, -0.1) is 10.2 Å². The molecule has 1 unspecified atom stereocenters. The minimum absolute atomic E-state index is 0.0319. The monoisotopic (exact) mass is 348 g/mol. The molecule has 2 rings (SSSR count). The molecule has 2 amide bonds. The van der Waals surface area contributed by atoms with E-state index in [2.05, 4.69) is 52.0 Å². The Kier molecular flexibility index (Phi) is 6.28.